The molecule has 0 amide bonds. The van der Waals surface area contributed by atoms with E-state index in [4.69, 9.17) is 17.7 Å². The molecule has 0 aliphatic heterocycles. The molecule has 0 aromatic rings. The molecule has 0 aromatic carbocycles. The first kappa shape index (κ1) is 22.3. The molecule has 0 aliphatic rings. The molecule has 6 heteroatoms. The molecule has 0 aliphatic carbocycles. The van der Waals surface area contributed by atoms with Crippen molar-refractivity contribution in [2.45, 2.75) is 77.1 Å². The van der Waals surface area contributed by atoms with Gasteiger partial charge in [0, 0.05) is 34.0 Å². The zero-order valence-electron chi connectivity index (χ0n) is 15.7. The third-order valence-electron chi connectivity index (χ3n) is 3.85. The molecule has 22 heavy (non-hydrogen) atoms. The fraction of sp³-hybridized carbons (Fsp3) is 1.00. The van der Waals surface area contributed by atoms with E-state index in [0.717, 1.165) is 19.1 Å². The molecule has 0 bridgehead atoms. The number of unbranched alkanes of at least 4 members (excludes halogenated alkanes) is 7. The summed E-state index contributed by atoms with van der Waals surface area (Å²) in [6.45, 7) is 7.71. The van der Waals surface area contributed by atoms with Crippen molar-refractivity contribution >= 4 is 17.1 Å². The Bertz CT molecular complexity index is 245. The second-order valence-corrected chi connectivity index (χ2v) is 14.4. The standard InChI is InChI=1S/C16H38O4Si2/c1-17-22(18-2,19-3)16-14-12-10-8-7-9-11-13-15-20-21(4,5)6/h7-16H2,1-6H3. The molecule has 0 unspecified atom stereocenters. The maximum atomic E-state index is 5.86. The van der Waals surface area contributed by atoms with Crippen LogP contribution in [0.15, 0.2) is 0 Å². The smallest absolute Gasteiger partial charge is 0.418 e. The molecule has 0 saturated carbocycles. The van der Waals surface area contributed by atoms with E-state index in [2.05, 4.69) is 19.6 Å². The van der Waals surface area contributed by atoms with Gasteiger partial charge in [-0.3, -0.25) is 0 Å². The summed E-state index contributed by atoms with van der Waals surface area (Å²) in [5, 5.41) is 0. The average molecular weight is 351 g/mol. The predicted octanol–water partition coefficient (Wildman–Crippen LogP) is 4.84. The van der Waals surface area contributed by atoms with Crippen LogP contribution in [0.25, 0.3) is 0 Å². The van der Waals surface area contributed by atoms with Gasteiger partial charge in [-0.15, -0.1) is 0 Å². The topological polar surface area (TPSA) is 36.9 Å². The van der Waals surface area contributed by atoms with Crippen LogP contribution in [0.2, 0.25) is 25.7 Å². The van der Waals surface area contributed by atoms with Gasteiger partial charge in [-0.25, -0.2) is 0 Å². The van der Waals surface area contributed by atoms with Crippen LogP contribution in [0.3, 0.4) is 0 Å². The quantitative estimate of drug-likeness (QED) is 0.313. The summed E-state index contributed by atoms with van der Waals surface area (Å²) in [5.41, 5.74) is 0. The third kappa shape index (κ3) is 11.8. The van der Waals surface area contributed by atoms with E-state index in [1.807, 2.05) is 0 Å². The van der Waals surface area contributed by atoms with E-state index in [1.165, 1.54) is 44.9 Å². The van der Waals surface area contributed by atoms with Gasteiger partial charge in [-0.1, -0.05) is 38.5 Å². The Labute approximate surface area is 140 Å². The van der Waals surface area contributed by atoms with Crippen molar-refractivity contribution in [2.24, 2.45) is 0 Å². The van der Waals surface area contributed by atoms with E-state index in [0.29, 0.717) is 0 Å². The lowest BCUT2D eigenvalue weighted by Crippen LogP contribution is -2.42. The highest BCUT2D eigenvalue weighted by atomic mass is 28.4. The van der Waals surface area contributed by atoms with Crippen molar-refractivity contribution in [3.63, 3.8) is 0 Å². The highest BCUT2D eigenvalue weighted by Crippen LogP contribution is 2.18. The van der Waals surface area contributed by atoms with Crippen molar-refractivity contribution in [2.75, 3.05) is 27.9 Å². The second-order valence-electron chi connectivity index (χ2n) is 6.83. The van der Waals surface area contributed by atoms with Crippen molar-refractivity contribution in [1.82, 2.24) is 0 Å². The van der Waals surface area contributed by atoms with Gasteiger partial charge in [0.2, 0.25) is 0 Å². The molecule has 0 atom stereocenters. The minimum atomic E-state index is -2.33. The minimum Gasteiger partial charge on any atom is -0.418 e. The van der Waals surface area contributed by atoms with Gasteiger partial charge in [-0.2, -0.15) is 0 Å². The van der Waals surface area contributed by atoms with E-state index < -0.39 is 17.1 Å². The average Bonchev–Trinajstić information content (AvgIpc) is 2.48. The molecular weight excluding hydrogens is 312 g/mol. The van der Waals surface area contributed by atoms with E-state index >= 15 is 0 Å². The number of rotatable bonds is 15. The summed E-state index contributed by atoms with van der Waals surface area (Å²) in [6.07, 6.45) is 10.2. The van der Waals surface area contributed by atoms with Crippen molar-refractivity contribution in [3.8, 4) is 0 Å². The van der Waals surface area contributed by atoms with Crippen LogP contribution in [0.4, 0.5) is 0 Å². The van der Waals surface area contributed by atoms with Gasteiger partial charge in [0.05, 0.1) is 0 Å². The monoisotopic (exact) mass is 350 g/mol. The van der Waals surface area contributed by atoms with E-state index in [9.17, 15) is 0 Å². The Morgan fingerprint density at radius 2 is 1.00 bits per heavy atom. The molecule has 0 radical (unpaired) electrons. The van der Waals surface area contributed by atoms with Gasteiger partial charge < -0.3 is 17.7 Å². The van der Waals surface area contributed by atoms with Crippen LogP contribution in [0.1, 0.15) is 51.4 Å². The zero-order chi connectivity index (χ0) is 16.9. The largest absolute Gasteiger partial charge is 0.500 e. The first-order chi connectivity index (χ1) is 10.4. The summed E-state index contributed by atoms with van der Waals surface area (Å²) >= 11 is 0. The van der Waals surface area contributed by atoms with Gasteiger partial charge >= 0.3 is 8.80 Å². The molecule has 0 rings (SSSR count). The summed E-state index contributed by atoms with van der Waals surface area (Å²) in [6, 6.07) is 0.921. The van der Waals surface area contributed by atoms with Gasteiger partial charge in [0.15, 0.2) is 8.32 Å². The van der Waals surface area contributed by atoms with Crippen molar-refractivity contribution in [1.29, 1.82) is 0 Å². The lowest BCUT2D eigenvalue weighted by Gasteiger charge is -2.24. The summed E-state index contributed by atoms with van der Waals surface area (Å²) < 4.78 is 22.1. The SMILES string of the molecule is CO[Si](CCCCCCCCCCO[Si](C)(C)C)(OC)OC. The molecule has 0 aromatic heterocycles. The Morgan fingerprint density at radius 1 is 0.591 bits per heavy atom. The molecule has 0 spiro atoms. The lowest BCUT2D eigenvalue weighted by molar-refractivity contribution is 0.122. The highest BCUT2D eigenvalue weighted by Gasteiger charge is 2.36. The summed E-state index contributed by atoms with van der Waals surface area (Å²) in [4.78, 5) is 0. The zero-order valence-corrected chi connectivity index (χ0v) is 17.7. The number of hydrogen-bond donors (Lipinski definition) is 0. The van der Waals surface area contributed by atoms with E-state index in [1.54, 1.807) is 21.3 Å². The lowest BCUT2D eigenvalue weighted by atomic mass is 10.1. The Hall–Kier alpha value is 0.274. The summed E-state index contributed by atoms with van der Waals surface area (Å²) in [5.74, 6) is 0. The van der Waals surface area contributed by atoms with Crippen LogP contribution in [-0.4, -0.2) is 45.1 Å². The maximum Gasteiger partial charge on any atom is 0.500 e. The Kier molecular flexibility index (Phi) is 12.8. The van der Waals surface area contributed by atoms with Crippen LogP contribution in [0.5, 0.6) is 0 Å². The van der Waals surface area contributed by atoms with Gasteiger partial charge in [0.25, 0.3) is 0 Å². The molecule has 134 valence electrons. The van der Waals surface area contributed by atoms with E-state index in [-0.39, 0.29) is 0 Å². The molecule has 0 N–H and O–H groups in total. The predicted molar refractivity (Wildman–Crippen MR) is 97.8 cm³/mol. The minimum absolute atomic E-state index is 0.921. The van der Waals surface area contributed by atoms with Crippen molar-refractivity contribution < 1.29 is 17.7 Å². The van der Waals surface area contributed by atoms with Crippen LogP contribution < -0.4 is 0 Å². The summed E-state index contributed by atoms with van der Waals surface area (Å²) in [7, 11) is 1.42. The van der Waals surface area contributed by atoms with Crippen LogP contribution >= 0.6 is 0 Å². The van der Waals surface area contributed by atoms with Crippen molar-refractivity contribution in [3.05, 3.63) is 0 Å². The Morgan fingerprint density at radius 3 is 1.41 bits per heavy atom. The normalized spacial score (nSPS) is 12.8. The first-order valence-electron chi connectivity index (χ1n) is 8.68. The third-order valence-corrected chi connectivity index (χ3v) is 7.75. The molecule has 0 saturated heterocycles. The van der Waals surface area contributed by atoms with Crippen LogP contribution in [-0.2, 0) is 17.7 Å². The highest BCUT2D eigenvalue weighted by molar-refractivity contribution is 6.69. The van der Waals surface area contributed by atoms with Crippen LogP contribution in [0, 0.1) is 0 Å². The maximum absolute atomic E-state index is 5.86. The molecular formula is C16H38O4Si2. The van der Waals surface area contributed by atoms with Gasteiger partial charge in [-0.05, 0) is 32.5 Å². The fourth-order valence-corrected chi connectivity index (χ4v) is 4.99. The molecule has 4 nitrogen and oxygen atoms in total. The van der Waals surface area contributed by atoms with Gasteiger partial charge in [0.1, 0.15) is 0 Å². The first-order valence-corrected chi connectivity index (χ1v) is 14.0. The molecule has 0 fully saturated rings. The molecule has 0 heterocycles. The Balaban J connectivity index is 3.37. The number of hydrogen-bond acceptors (Lipinski definition) is 4. The fourth-order valence-electron chi connectivity index (χ4n) is 2.44. The second kappa shape index (κ2) is 12.7.